The van der Waals surface area contributed by atoms with E-state index in [0.717, 1.165) is 26.1 Å². The number of piperidine rings is 1. The van der Waals surface area contributed by atoms with Crippen molar-refractivity contribution >= 4 is 0 Å². The van der Waals surface area contributed by atoms with Crippen LogP contribution in [-0.2, 0) is 4.74 Å². The molecule has 0 aromatic rings. The van der Waals surface area contributed by atoms with Crippen LogP contribution in [0.2, 0.25) is 0 Å². The molecule has 0 aromatic heterocycles. The highest BCUT2D eigenvalue weighted by molar-refractivity contribution is 4.89. The second-order valence-electron chi connectivity index (χ2n) is 3.64. The second-order valence-corrected chi connectivity index (χ2v) is 3.64. The van der Waals surface area contributed by atoms with Crippen LogP contribution in [0, 0.1) is 0 Å². The normalized spacial score (nSPS) is 45.8. The maximum absolute atomic E-state index is 9.45. The monoisotopic (exact) mass is 157 g/mol. The summed E-state index contributed by atoms with van der Waals surface area (Å²) in [6, 6.07) is 0.912. The van der Waals surface area contributed by atoms with Crippen molar-refractivity contribution < 1.29 is 9.84 Å². The van der Waals surface area contributed by atoms with Gasteiger partial charge in [0.05, 0.1) is 19.3 Å². The van der Waals surface area contributed by atoms with Gasteiger partial charge in [0.1, 0.15) is 0 Å². The van der Waals surface area contributed by atoms with Crippen molar-refractivity contribution in [2.45, 2.75) is 31.0 Å². The molecule has 2 saturated heterocycles. The van der Waals surface area contributed by atoms with E-state index in [2.05, 4.69) is 11.9 Å². The third kappa shape index (κ3) is 1.28. The van der Waals surface area contributed by atoms with Crippen molar-refractivity contribution in [3.63, 3.8) is 0 Å². The minimum Gasteiger partial charge on any atom is -0.393 e. The van der Waals surface area contributed by atoms with Gasteiger partial charge in [-0.05, 0) is 19.9 Å². The van der Waals surface area contributed by atoms with Crippen molar-refractivity contribution in [3.05, 3.63) is 0 Å². The van der Waals surface area contributed by atoms with E-state index in [0.29, 0.717) is 12.1 Å². The van der Waals surface area contributed by atoms with Crippen molar-refractivity contribution in [3.8, 4) is 0 Å². The summed E-state index contributed by atoms with van der Waals surface area (Å²) in [4.78, 5) is 2.34. The molecule has 64 valence electrons. The Morgan fingerprint density at radius 3 is 2.36 bits per heavy atom. The maximum Gasteiger partial charge on any atom is 0.0623 e. The molecule has 0 aliphatic carbocycles. The summed E-state index contributed by atoms with van der Waals surface area (Å²) in [7, 11) is 2.13. The van der Waals surface area contributed by atoms with Gasteiger partial charge in [-0.25, -0.2) is 0 Å². The molecule has 0 aromatic carbocycles. The summed E-state index contributed by atoms with van der Waals surface area (Å²) in [5.74, 6) is 0. The Morgan fingerprint density at radius 1 is 1.27 bits per heavy atom. The number of hydrogen-bond acceptors (Lipinski definition) is 3. The largest absolute Gasteiger partial charge is 0.393 e. The highest BCUT2D eigenvalue weighted by Gasteiger charge is 2.35. The molecule has 1 N–H and O–H groups in total. The van der Waals surface area contributed by atoms with Gasteiger partial charge in [0.15, 0.2) is 0 Å². The molecule has 2 rings (SSSR count). The van der Waals surface area contributed by atoms with Crippen LogP contribution >= 0.6 is 0 Å². The summed E-state index contributed by atoms with van der Waals surface area (Å²) in [6.07, 6.45) is 1.67. The predicted octanol–water partition coefficient (Wildman–Crippen LogP) is -0.160. The molecular weight excluding hydrogens is 142 g/mol. The lowest BCUT2D eigenvalue weighted by molar-refractivity contribution is -0.0930. The highest BCUT2D eigenvalue weighted by atomic mass is 16.5. The van der Waals surface area contributed by atoms with E-state index in [1.165, 1.54) is 0 Å². The van der Waals surface area contributed by atoms with Gasteiger partial charge in [-0.3, -0.25) is 4.90 Å². The topological polar surface area (TPSA) is 32.7 Å². The molecule has 0 saturated carbocycles. The number of morpholine rings is 1. The Balaban J connectivity index is 2.07. The zero-order valence-corrected chi connectivity index (χ0v) is 6.86. The number of rotatable bonds is 0. The number of aliphatic hydroxyl groups excluding tert-OH is 1. The van der Waals surface area contributed by atoms with Gasteiger partial charge in [-0.15, -0.1) is 0 Å². The summed E-state index contributed by atoms with van der Waals surface area (Å²) < 4.78 is 5.40. The average molecular weight is 157 g/mol. The van der Waals surface area contributed by atoms with E-state index in [9.17, 15) is 5.11 Å². The molecule has 2 heterocycles. The third-order valence-electron chi connectivity index (χ3n) is 2.86. The fraction of sp³-hybridized carbons (Fsp3) is 1.00. The Hall–Kier alpha value is -0.120. The van der Waals surface area contributed by atoms with Gasteiger partial charge < -0.3 is 9.84 Å². The van der Waals surface area contributed by atoms with Gasteiger partial charge in [-0.1, -0.05) is 0 Å². The number of ether oxygens (including phenoxy) is 1. The fourth-order valence-corrected chi connectivity index (χ4v) is 2.07. The van der Waals surface area contributed by atoms with Crippen molar-refractivity contribution in [1.82, 2.24) is 4.90 Å². The average Bonchev–Trinajstić information content (AvgIpc) is 1.92. The van der Waals surface area contributed by atoms with Gasteiger partial charge in [0, 0.05) is 12.1 Å². The van der Waals surface area contributed by atoms with Crippen LogP contribution in [0.15, 0.2) is 0 Å². The number of fused-ring (bicyclic) bond motifs is 2. The van der Waals surface area contributed by atoms with Gasteiger partial charge >= 0.3 is 0 Å². The van der Waals surface area contributed by atoms with E-state index in [4.69, 9.17) is 4.74 Å². The molecule has 3 heteroatoms. The molecule has 2 fully saturated rings. The number of likely N-dealkylation sites (N-methyl/N-ethyl adjacent to an activating group) is 1. The molecule has 3 nitrogen and oxygen atoms in total. The second kappa shape index (κ2) is 2.73. The van der Waals surface area contributed by atoms with Crippen LogP contribution in [0.25, 0.3) is 0 Å². The first-order valence-electron chi connectivity index (χ1n) is 4.25. The van der Waals surface area contributed by atoms with E-state index >= 15 is 0 Å². The third-order valence-corrected chi connectivity index (χ3v) is 2.86. The first-order valence-corrected chi connectivity index (χ1v) is 4.25. The van der Waals surface area contributed by atoms with E-state index in [1.807, 2.05) is 0 Å². The molecule has 3 atom stereocenters. The Bertz CT molecular complexity index is 137. The molecule has 0 amide bonds. The summed E-state index contributed by atoms with van der Waals surface area (Å²) >= 11 is 0. The molecule has 0 spiro atoms. The lowest BCUT2D eigenvalue weighted by Crippen LogP contribution is -2.56. The standard InChI is InChI=1S/C8H15NO2/c1-9-6-2-8(10)3-7(9)5-11-4-6/h6-8,10H,2-5H2,1H3/t6-,7+,8-. The molecule has 0 radical (unpaired) electrons. The van der Waals surface area contributed by atoms with Crippen LogP contribution in [0.5, 0.6) is 0 Å². The molecule has 11 heavy (non-hydrogen) atoms. The lowest BCUT2D eigenvalue weighted by atomic mass is 9.93. The Labute approximate surface area is 66.9 Å². The molecule has 2 aliphatic rings. The summed E-state index contributed by atoms with van der Waals surface area (Å²) in [5.41, 5.74) is 0. The van der Waals surface area contributed by atoms with Crippen LogP contribution in [0.3, 0.4) is 0 Å². The van der Waals surface area contributed by atoms with Crippen LogP contribution in [-0.4, -0.2) is 48.5 Å². The van der Waals surface area contributed by atoms with Crippen molar-refractivity contribution in [2.75, 3.05) is 20.3 Å². The zero-order chi connectivity index (χ0) is 7.84. The first-order chi connectivity index (χ1) is 5.27. The fourth-order valence-electron chi connectivity index (χ4n) is 2.07. The summed E-state index contributed by atoms with van der Waals surface area (Å²) in [6.45, 7) is 1.59. The molecule has 0 unspecified atom stereocenters. The van der Waals surface area contributed by atoms with E-state index in [-0.39, 0.29) is 6.10 Å². The molecule has 2 bridgehead atoms. The maximum atomic E-state index is 9.45. The van der Waals surface area contributed by atoms with Gasteiger partial charge in [0.25, 0.3) is 0 Å². The minimum absolute atomic E-state index is 0.0925. The Morgan fingerprint density at radius 2 is 1.82 bits per heavy atom. The quantitative estimate of drug-likeness (QED) is 0.530. The van der Waals surface area contributed by atoms with E-state index < -0.39 is 0 Å². The minimum atomic E-state index is -0.0925. The first kappa shape index (κ1) is 7.53. The molecule has 2 aliphatic heterocycles. The highest BCUT2D eigenvalue weighted by Crippen LogP contribution is 2.25. The van der Waals surface area contributed by atoms with Crippen LogP contribution in [0.1, 0.15) is 12.8 Å². The number of nitrogens with zero attached hydrogens (tertiary/aromatic N) is 1. The van der Waals surface area contributed by atoms with Crippen molar-refractivity contribution in [2.24, 2.45) is 0 Å². The summed E-state index contributed by atoms with van der Waals surface area (Å²) in [5, 5.41) is 9.45. The smallest absolute Gasteiger partial charge is 0.0623 e. The van der Waals surface area contributed by atoms with Crippen molar-refractivity contribution in [1.29, 1.82) is 0 Å². The van der Waals surface area contributed by atoms with Gasteiger partial charge in [0.2, 0.25) is 0 Å². The lowest BCUT2D eigenvalue weighted by Gasteiger charge is -2.45. The van der Waals surface area contributed by atoms with Gasteiger partial charge in [-0.2, -0.15) is 0 Å². The number of hydrogen-bond donors (Lipinski definition) is 1. The van der Waals surface area contributed by atoms with E-state index in [1.54, 1.807) is 0 Å². The van der Waals surface area contributed by atoms with Crippen LogP contribution in [0.4, 0.5) is 0 Å². The molecular formula is C8H15NO2. The van der Waals surface area contributed by atoms with Crippen LogP contribution < -0.4 is 0 Å². The Kier molecular flexibility index (Phi) is 1.87. The zero-order valence-electron chi connectivity index (χ0n) is 6.86. The number of aliphatic hydroxyl groups is 1. The SMILES string of the molecule is CN1[C@@H]2COC[C@H]1C[C@@H](O)C2. The predicted molar refractivity (Wildman–Crippen MR) is 41.4 cm³/mol.